The van der Waals surface area contributed by atoms with E-state index in [4.69, 9.17) is 18.0 Å². The Morgan fingerprint density at radius 3 is 2.69 bits per heavy atom. The highest BCUT2D eigenvalue weighted by molar-refractivity contribution is 8.18. The Hall–Kier alpha value is -2.16. The van der Waals surface area contributed by atoms with Gasteiger partial charge in [0.25, 0.3) is 11.1 Å². The van der Waals surface area contributed by atoms with Crippen LogP contribution < -0.4 is 4.90 Å². The SMILES string of the molecule is C#CCN1C(=O)S/C(=C\c2cc3c(cc2Cl)N(C)C(C)(C)C=C3C)C1=O. The molecule has 1 saturated heterocycles. The van der Waals surface area contributed by atoms with Crippen molar-refractivity contribution in [3.05, 3.63) is 39.3 Å². The maximum atomic E-state index is 12.4. The zero-order chi connectivity index (χ0) is 19.2. The number of rotatable bonds is 2. The second-order valence-corrected chi connectivity index (χ2v) is 8.30. The molecule has 26 heavy (non-hydrogen) atoms. The van der Waals surface area contributed by atoms with Gasteiger partial charge in [-0.15, -0.1) is 6.42 Å². The smallest absolute Gasteiger partial charge is 0.294 e. The minimum Gasteiger partial charge on any atom is -0.365 e. The molecule has 0 N–H and O–H groups in total. The maximum Gasteiger partial charge on any atom is 0.294 e. The Bertz CT molecular complexity index is 924. The van der Waals surface area contributed by atoms with Gasteiger partial charge in [-0.1, -0.05) is 23.6 Å². The van der Waals surface area contributed by atoms with Gasteiger partial charge in [-0.2, -0.15) is 0 Å². The van der Waals surface area contributed by atoms with Crippen LogP contribution in [-0.2, 0) is 4.79 Å². The molecule has 4 nitrogen and oxygen atoms in total. The molecule has 0 spiro atoms. The van der Waals surface area contributed by atoms with Crippen molar-refractivity contribution in [2.24, 2.45) is 0 Å². The summed E-state index contributed by atoms with van der Waals surface area (Å²) in [5.41, 5.74) is 3.84. The molecular formula is C20H19ClN2O2S. The summed E-state index contributed by atoms with van der Waals surface area (Å²) in [6.45, 7) is 6.32. The number of halogens is 1. The van der Waals surface area contributed by atoms with Crippen LogP contribution in [-0.4, -0.2) is 35.2 Å². The van der Waals surface area contributed by atoms with E-state index >= 15 is 0 Å². The van der Waals surface area contributed by atoms with Crippen molar-refractivity contribution < 1.29 is 9.59 Å². The van der Waals surface area contributed by atoms with Gasteiger partial charge < -0.3 is 4.90 Å². The highest BCUT2D eigenvalue weighted by atomic mass is 35.5. The Labute approximate surface area is 162 Å². The Kier molecular flexibility index (Phi) is 4.68. The monoisotopic (exact) mass is 386 g/mol. The zero-order valence-electron chi connectivity index (χ0n) is 15.1. The average Bonchev–Trinajstić information content (AvgIpc) is 2.82. The lowest BCUT2D eigenvalue weighted by molar-refractivity contribution is -0.122. The summed E-state index contributed by atoms with van der Waals surface area (Å²) in [4.78, 5) is 27.9. The van der Waals surface area contributed by atoms with Gasteiger partial charge in [0.15, 0.2) is 0 Å². The number of terminal acetylenes is 1. The second kappa shape index (κ2) is 6.53. The van der Waals surface area contributed by atoms with Gasteiger partial charge in [0.2, 0.25) is 0 Å². The Morgan fingerprint density at radius 2 is 2.04 bits per heavy atom. The molecule has 0 atom stereocenters. The molecule has 2 aliphatic rings. The summed E-state index contributed by atoms with van der Waals surface area (Å²) >= 11 is 7.37. The Morgan fingerprint density at radius 1 is 1.35 bits per heavy atom. The third-order valence-corrected chi connectivity index (χ3v) is 5.98. The molecule has 2 aliphatic heterocycles. The predicted molar refractivity (Wildman–Crippen MR) is 109 cm³/mol. The number of imide groups is 1. The van der Waals surface area contributed by atoms with Gasteiger partial charge in [0.1, 0.15) is 0 Å². The number of carbonyl (C=O) groups excluding carboxylic acids is 2. The first-order chi connectivity index (χ1) is 12.2. The van der Waals surface area contributed by atoms with E-state index in [-0.39, 0.29) is 23.2 Å². The fourth-order valence-corrected chi connectivity index (χ4v) is 4.21. The second-order valence-electron chi connectivity index (χ2n) is 6.90. The summed E-state index contributed by atoms with van der Waals surface area (Å²) in [6, 6.07) is 3.87. The fraction of sp³-hybridized carbons (Fsp3) is 0.300. The quantitative estimate of drug-likeness (QED) is 0.548. The van der Waals surface area contributed by atoms with E-state index in [9.17, 15) is 9.59 Å². The molecule has 1 fully saturated rings. The minimum absolute atomic E-state index is 0.0261. The topological polar surface area (TPSA) is 40.6 Å². The average molecular weight is 387 g/mol. The summed E-state index contributed by atoms with van der Waals surface area (Å²) in [6.07, 6.45) is 9.09. The summed E-state index contributed by atoms with van der Waals surface area (Å²) in [5.74, 6) is 1.95. The van der Waals surface area contributed by atoms with Crippen molar-refractivity contribution in [3.63, 3.8) is 0 Å². The number of hydrogen-bond acceptors (Lipinski definition) is 4. The van der Waals surface area contributed by atoms with Crippen LogP contribution in [0.1, 0.15) is 31.9 Å². The number of amides is 2. The van der Waals surface area contributed by atoms with Gasteiger partial charge in [0, 0.05) is 23.3 Å². The van der Waals surface area contributed by atoms with Crippen molar-refractivity contribution in [1.82, 2.24) is 4.90 Å². The van der Waals surface area contributed by atoms with Crippen LogP contribution in [0.3, 0.4) is 0 Å². The largest absolute Gasteiger partial charge is 0.365 e. The van der Waals surface area contributed by atoms with Crippen LogP contribution in [0.15, 0.2) is 23.1 Å². The van der Waals surface area contributed by atoms with Gasteiger partial charge >= 0.3 is 0 Å². The summed E-state index contributed by atoms with van der Waals surface area (Å²) in [7, 11) is 2.03. The first-order valence-electron chi connectivity index (χ1n) is 8.11. The number of fused-ring (bicyclic) bond motifs is 1. The number of thioether (sulfide) groups is 1. The van der Waals surface area contributed by atoms with E-state index in [1.54, 1.807) is 6.08 Å². The van der Waals surface area contributed by atoms with Crippen LogP contribution in [0, 0.1) is 12.3 Å². The molecule has 1 aromatic rings. The number of hydrogen-bond donors (Lipinski definition) is 0. The number of nitrogens with zero attached hydrogens (tertiary/aromatic N) is 2. The molecule has 0 radical (unpaired) electrons. The van der Waals surface area contributed by atoms with E-state index in [1.807, 2.05) is 19.2 Å². The molecule has 1 aromatic carbocycles. The van der Waals surface area contributed by atoms with Crippen molar-refractivity contribution in [1.29, 1.82) is 0 Å². The van der Waals surface area contributed by atoms with E-state index in [0.717, 1.165) is 33.5 Å². The number of anilines is 1. The Balaban J connectivity index is 2.05. The van der Waals surface area contributed by atoms with Crippen molar-refractivity contribution >= 4 is 51.8 Å². The van der Waals surface area contributed by atoms with Crippen LogP contribution in [0.4, 0.5) is 10.5 Å². The van der Waals surface area contributed by atoms with Crippen LogP contribution in [0.5, 0.6) is 0 Å². The van der Waals surface area contributed by atoms with Crippen LogP contribution >= 0.6 is 23.4 Å². The number of carbonyl (C=O) groups is 2. The number of benzene rings is 1. The maximum absolute atomic E-state index is 12.4. The lowest BCUT2D eigenvalue weighted by atomic mass is 9.88. The first-order valence-corrected chi connectivity index (χ1v) is 9.31. The number of likely N-dealkylation sites (N-methyl/N-ethyl adjacent to an activating group) is 1. The molecule has 0 aliphatic carbocycles. The molecule has 0 bridgehead atoms. The van der Waals surface area contributed by atoms with Crippen LogP contribution in [0.25, 0.3) is 11.6 Å². The highest BCUT2D eigenvalue weighted by Gasteiger charge is 2.35. The predicted octanol–water partition coefficient (Wildman–Crippen LogP) is 4.64. The molecule has 6 heteroatoms. The van der Waals surface area contributed by atoms with Gasteiger partial charge in [-0.05, 0) is 61.9 Å². The zero-order valence-corrected chi connectivity index (χ0v) is 16.7. The standard InChI is InChI=1S/C20H19ClN2O2S/c1-6-7-23-18(24)17(26-19(23)25)9-13-8-14-12(2)11-20(3,4)22(5)16(14)10-15(13)21/h1,8-11H,7H2,2-5H3/b17-9-. The normalized spacial score (nSPS) is 20.3. The third-order valence-electron chi connectivity index (χ3n) is 4.74. The van der Waals surface area contributed by atoms with E-state index < -0.39 is 0 Å². The fourth-order valence-electron chi connectivity index (χ4n) is 3.17. The van der Waals surface area contributed by atoms with E-state index in [1.165, 1.54) is 0 Å². The summed E-state index contributed by atoms with van der Waals surface area (Å²) < 4.78 is 0. The van der Waals surface area contributed by atoms with Crippen LogP contribution in [0.2, 0.25) is 5.02 Å². The minimum atomic E-state index is -0.378. The first kappa shape index (κ1) is 18.6. The van der Waals surface area contributed by atoms with Crippen molar-refractivity contribution in [2.75, 3.05) is 18.5 Å². The van der Waals surface area contributed by atoms with Crippen molar-refractivity contribution in [3.8, 4) is 12.3 Å². The molecule has 3 rings (SSSR count). The van der Waals surface area contributed by atoms with Gasteiger partial charge in [-0.25, -0.2) is 0 Å². The molecule has 0 saturated carbocycles. The molecule has 0 aromatic heterocycles. The van der Waals surface area contributed by atoms with Gasteiger partial charge in [0.05, 0.1) is 17.0 Å². The molecular weight excluding hydrogens is 368 g/mol. The molecule has 2 heterocycles. The third kappa shape index (κ3) is 3.04. The van der Waals surface area contributed by atoms with Gasteiger partial charge in [-0.3, -0.25) is 14.5 Å². The highest BCUT2D eigenvalue weighted by Crippen LogP contribution is 2.41. The number of allylic oxidation sites excluding steroid dienone is 1. The molecule has 134 valence electrons. The van der Waals surface area contributed by atoms with E-state index in [0.29, 0.717) is 15.5 Å². The lowest BCUT2D eigenvalue weighted by Crippen LogP contribution is -2.42. The lowest BCUT2D eigenvalue weighted by Gasteiger charge is -2.40. The summed E-state index contributed by atoms with van der Waals surface area (Å²) in [5, 5.41) is 0.177. The van der Waals surface area contributed by atoms with Crippen molar-refractivity contribution in [2.45, 2.75) is 26.3 Å². The molecule has 2 amide bonds. The molecule has 0 unspecified atom stereocenters. The van der Waals surface area contributed by atoms with E-state index in [2.05, 4.69) is 37.7 Å².